The maximum atomic E-state index is 11.6. The molecule has 6 rings (SSSR count). The van der Waals surface area contributed by atoms with Gasteiger partial charge in [-0.25, -0.2) is 4.79 Å². The van der Waals surface area contributed by atoms with Crippen molar-refractivity contribution in [3.63, 3.8) is 0 Å². The fourth-order valence-electron chi connectivity index (χ4n) is 4.63. The maximum Gasteiger partial charge on any atom is 0.335 e. The Bertz CT molecular complexity index is 1460. The van der Waals surface area contributed by atoms with Crippen LogP contribution in [0.25, 0.3) is 27.4 Å². The molecule has 0 spiro atoms. The van der Waals surface area contributed by atoms with Crippen LogP contribution in [-0.4, -0.2) is 15.6 Å². The number of para-hydroxylation sites is 1. The minimum Gasteiger partial charge on any atom is -0.484 e. The number of aromatic carboxylic acids is 1. The third kappa shape index (κ3) is 2.80. The molecular formula is C27H19NO3. The lowest BCUT2D eigenvalue weighted by molar-refractivity contribution is 0.0697. The van der Waals surface area contributed by atoms with Crippen molar-refractivity contribution in [3.05, 3.63) is 108 Å². The summed E-state index contributed by atoms with van der Waals surface area (Å²) in [6.07, 6.45) is 0.639. The molecule has 1 aromatic heterocycles. The van der Waals surface area contributed by atoms with Gasteiger partial charge in [0.25, 0.3) is 0 Å². The van der Waals surface area contributed by atoms with Gasteiger partial charge in [0, 0.05) is 17.5 Å². The summed E-state index contributed by atoms with van der Waals surface area (Å²) in [6, 6.07) is 30.0. The highest BCUT2D eigenvalue weighted by molar-refractivity contribution is 6.07. The van der Waals surface area contributed by atoms with Crippen LogP contribution in [0.2, 0.25) is 0 Å². The van der Waals surface area contributed by atoms with Gasteiger partial charge in [0.05, 0.1) is 16.8 Å². The molecule has 1 unspecified atom stereocenters. The monoisotopic (exact) mass is 405 g/mol. The van der Waals surface area contributed by atoms with Crippen molar-refractivity contribution < 1.29 is 14.6 Å². The lowest BCUT2D eigenvalue weighted by Gasteiger charge is -2.16. The summed E-state index contributed by atoms with van der Waals surface area (Å²) in [6.45, 7) is 0. The van der Waals surface area contributed by atoms with E-state index in [1.54, 1.807) is 18.2 Å². The third-order valence-electron chi connectivity index (χ3n) is 6.07. The number of fused-ring (bicyclic) bond motifs is 4. The molecule has 0 radical (unpaired) electrons. The van der Waals surface area contributed by atoms with Gasteiger partial charge in [-0.1, -0.05) is 54.6 Å². The third-order valence-corrected chi connectivity index (χ3v) is 6.07. The first-order valence-electron chi connectivity index (χ1n) is 10.3. The zero-order chi connectivity index (χ0) is 20.9. The molecule has 1 N–H and O–H groups in total. The summed E-state index contributed by atoms with van der Waals surface area (Å²) in [5, 5.41) is 13.0. The van der Waals surface area contributed by atoms with Crippen molar-refractivity contribution in [2.45, 2.75) is 12.5 Å². The smallest absolute Gasteiger partial charge is 0.335 e. The average Bonchev–Trinajstić information content (AvgIpc) is 3.40. The number of rotatable bonds is 3. The van der Waals surface area contributed by atoms with E-state index in [-0.39, 0.29) is 11.7 Å². The first-order chi connectivity index (χ1) is 15.2. The molecule has 1 aliphatic rings. The van der Waals surface area contributed by atoms with Crippen LogP contribution in [0.5, 0.6) is 5.75 Å². The molecule has 0 aliphatic carbocycles. The SMILES string of the molecule is O=C(O)c1cccc(-n2c(C3Cc4ccccc4O3)cc3c4ccccc4ccc32)c1. The summed E-state index contributed by atoms with van der Waals surface area (Å²) in [4.78, 5) is 11.6. The summed E-state index contributed by atoms with van der Waals surface area (Å²) in [5.41, 5.74) is 4.33. The molecule has 4 nitrogen and oxygen atoms in total. The lowest BCUT2D eigenvalue weighted by atomic mass is 10.1. The second-order valence-electron chi connectivity index (χ2n) is 7.90. The van der Waals surface area contributed by atoms with E-state index in [2.05, 4.69) is 41.0 Å². The van der Waals surface area contributed by atoms with Gasteiger partial charge in [-0.15, -0.1) is 0 Å². The number of aromatic nitrogens is 1. The van der Waals surface area contributed by atoms with Crippen LogP contribution >= 0.6 is 0 Å². The number of hydrogen-bond donors (Lipinski definition) is 1. The van der Waals surface area contributed by atoms with Crippen molar-refractivity contribution in [2.75, 3.05) is 0 Å². The fourth-order valence-corrected chi connectivity index (χ4v) is 4.63. The molecule has 0 saturated heterocycles. The molecule has 4 heteroatoms. The van der Waals surface area contributed by atoms with Crippen molar-refractivity contribution in [1.29, 1.82) is 0 Å². The number of hydrogen-bond acceptors (Lipinski definition) is 2. The van der Waals surface area contributed by atoms with Crippen LogP contribution < -0.4 is 4.74 Å². The van der Waals surface area contributed by atoms with Gasteiger partial charge in [0.2, 0.25) is 0 Å². The quantitative estimate of drug-likeness (QED) is 0.391. The van der Waals surface area contributed by atoms with Crippen molar-refractivity contribution in [1.82, 2.24) is 4.57 Å². The summed E-state index contributed by atoms with van der Waals surface area (Å²) in [7, 11) is 0. The van der Waals surface area contributed by atoms with Gasteiger partial charge in [-0.2, -0.15) is 0 Å². The van der Waals surface area contributed by atoms with Crippen LogP contribution in [0.3, 0.4) is 0 Å². The average molecular weight is 405 g/mol. The van der Waals surface area contributed by atoms with Crippen molar-refractivity contribution >= 4 is 27.6 Å². The second kappa shape index (κ2) is 6.74. The van der Waals surface area contributed by atoms with E-state index >= 15 is 0 Å². The van der Waals surface area contributed by atoms with Crippen LogP contribution in [0.15, 0.2) is 91.0 Å². The molecule has 0 fully saturated rings. The maximum absolute atomic E-state index is 11.6. The van der Waals surface area contributed by atoms with Crippen LogP contribution in [0.4, 0.5) is 0 Å². The minimum atomic E-state index is -0.935. The Morgan fingerprint density at radius 2 is 1.71 bits per heavy atom. The molecule has 4 aromatic carbocycles. The normalized spacial score (nSPS) is 15.2. The van der Waals surface area contributed by atoms with Crippen LogP contribution in [-0.2, 0) is 6.42 Å². The molecule has 31 heavy (non-hydrogen) atoms. The van der Waals surface area contributed by atoms with Gasteiger partial charge < -0.3 is 14.4 Å². The summed E-state index contributed by atoms with van der Waals surface area (Å²) in [5.74, 6) is -0.0247. The Hall–Kier alpha value is -4.05. The van der Waals surface area contributed by atoms with E-state index < -0.39 is 5.97 Å². The summed E-state index contributed by atoms with van der Waals surface area (Å²) < 4.78 is 8.48. The highest BCUT2D eigenvalue weighted by Crippen LogP contribution is 2.40. The van der Waals surface area contributed by atoms with E-state index in [9.17, 15) is 9.90 Å². The molecule has 0 bridgehead atoms. The Morgan fingerprint density at radius 1 is 0.871 bits per heavy atom. The van der Waals surface area contributed by atoms with E-state index in [4.69, 9.17) is 4.74 Å². The van der Waals surface area contributed by atoms with Crippen molar-refractivity contribution in [3.8, 4) is 11.4 Å². The molecule has 0 amide bonds. The standard InChI is InChI=1S/C27H19NO3/c29-27(30)19-8-5-9-20(14-19)28-23-13-12-17-6-1-3-10-21(17)22(23)16-24(28)26-15-18-7-2-4-11-25(18)31-26/h1-14,16,26H,15H2,(H,29,30). The van der Waals surface area contributed by atoms with Gasteiger partial charge in [0.1, 0.15) is 11.9 Å². The Kier molecular flexibility index (Phi) is 3.87. The predicted molar refractivity (Wildman–Crippen MR) is 121 cm³/mol. The number of carbonyl (C=O) groups is 1. The molecular weight excluding hydrogens is 386 g/mol. The van der Waals surface area contributed by atoms with Crippen LogP contribution in [0.1, 0.15) is 27.7 Å². The molecule has 1 atom stereocenters. The topological polar surface area (TPSA) is 51.5 Å². The molecule has 5 aromatic rings. The van der Waals surface area contributed by atoms with Gasteiger partial charge in [-0.05, 0) is 52.7 Å². The Balaban J connectivity index is 1.62. The fraction of sp³-hybridized carbons (Fsp3) is 0.0741. The molecule has 0 saturated carbocycles. The van der Waals surface area contributed by atoms with E-state index in [1.807, 2.05) is 36.4 Å². The van der Waals surface area contributed by atoms with E-state index in [1.165, 1.54) is 16.3 Å². The second-order valence-corrected chi connectivity index (χ2v) is 7.90. The summed E-state index contributed by atoms with van der Waals surface area (Å²) >= 11 is 0. The Labute approximate surface area is 178 Å². The first kappa shape index (κ1) is 17.8. The number of carboxylic acids is 1. The number of nitrogens with zero attached hydrogens (tertiary/aromatic N) is 1. The number of benzene rings is 4. The highest BCUT2D eigenvalue weighted by Gasteiger charge is 2.28. The zero-order valence-corrected chi connectivity index (χ0v) is 16.7. The Morgan fingerprint density at radius 3 is 2.58 bits per heavy atom. The number of ether oxygens (including phenoxy) is 1. The predicted octanol–water partition coefficient (Wildman–Crippen LogP) is 6.16. The molecule has 150 valence electrons. The largest absolute Gasteiger partial charge is 0.484 e. The lowest BCUT2D eigenvalue weighted by Crippen LogP contribution is -2.10. The van der Waals surface area contributed by atoms with Gasteiger partial charge in [-0.3, -0.25) is 0 Å². The van der Waals surface area contributed by atoms with Gasteiger partial charge >= 0.3 is 5.97 Å². The van der Waals surface area contributed by atoms with Crippen molar-refractivity contribution in [2.24, 2.45) is 0 Å². The van der Waals surface area contributed by atoms with Gasteiger partial charge in [0.15, 0.2) is 0 Å². The molecule has 1 aliphatic heterocycles. The highest BCUT2D eigenvalue weighted by atomic mass is 16.5. The first-order valence-corrected chi connectivity index (χ1v) is 10.3. The minimum absolute atomic E-state index is 0.142. The molecule has 2 heterocycles. The zero-order valence-electron chi connectivity index (χ0n) is 16.7. The van der Waals surface area contributed by atoms with Crippen LogP contribution in [0, 0.1) is 0 Å². The van der Waals surface area contributed by atoms with E-state index in [0.717, 1.165) is 34.5 Å². The number of carboxylic acid groups (broad SMARTS) is 1. The van der Waals surface area contributed by atoms with E-state index in [0.29, 0.717) is 0 Å².